The Morgan fingerprint density at radius 2 is 1.78 bits per heavy atom. The Morgan fingerprint density at radius 1 is 1.04 bits per heavy atom. The third kappa shape index (κ3) is 2.66. The zero-order chi connectivity index (χ0) is 18.4. The molecule has 3 aromatic rings. The third-order valence-electron chi connectivity index (χ3n) is 5.64. The van der Waals surface area contributed by atoms with Crippen LogP contribution in [0.4, 0.5) is 0 Å². The number of benzene rings is 2. The summed E-state index contributed by atoms with van der Waals surface area (Å²) in [6.07, 6.45) is 2.85. The van der Waals surface area contributed by atoms with Crippen LogP contribution in [0.3, 0.4) is 0 Å². The first-order chi connectivity index (χ1) is 13.2. The van der Waals surface area contributed by atoms with Gasteiger partial charge in [0, 0.05) is 17.7 Å². The number of nitrogens with zero attached hydrogens (tertiary/aromatic N) is 2. The summed E-state index contributed by atoms with van der Waals surface area (Å²) >= 11 is 0. The van der Waals surface area contributed by atoms with E-state index in [4.69, 9.17) is 0 Å². The number of hydrogen-bond donors (Lipinski definition) is 2. The molecule has 5 heteroatoms. The maximum absolute atomic E-state index is 13.1. The number of hydrogen-bond acceptors (Lipinski definition) is 3. The second-order valence-electron chi connectivity index (χ2n) is 7.28. The number of carbonyl (C=O) groups is 1. The topological polar surface area (TPSA) is 67.2 Å². The minimum Gasteiger partial charge on any atom is -0.388 e. The number of nitrogens with one attached hydrogen (secondary N) is 1. The predicted octanol–water partition coefficient (Wildman–Crippen LogP) is 3.27. The highest BCUT2D eigenvalue weighted by Gasteiger charge is 2.33. The molecule has 1 heterocycles. The lowest BCUT2D eigenvalue weighted by Crippen LogP contribution is -2.28. The van der Waals surface area contributed by atoms with Crippen molar-refractivity contribution in [1.82, 2.24) is 15.1 Å². The monoisotopic (exact) mass is 359 g/mol. The molecular weight excluding hydrogens is 338 g/mol. The van der Waals surface area contributed by atoms with Gasteiger partial charge in [-0.2, -0.15) is 5.10 Å². The van der Waals surface area contributed by atoms with Crippen LogP contribution in [0.2, 0.25) is 0 Å². The van der Waals surface area contributed by atoms with Gasteiger partial charge in [0.05, 0.1) is 17.8 Å². The van der Waals surface area contributed by atoms with Crippen molar-refractivity contribution < 1.29 is 9.90 Å². The molecule has 0 spiro atoms. The Hall–Kier alpha value is -2.92. The van der Waals surface area contributed by atoms with Crippen molar-refractivity contribution in [3.8, 4) is 5.69 Å². The van der Waals surface area contributed by atoms with Crippen LogP contribution in [0.15, 0.2) is 54.6 Å². The summed E-state index contributed by atoms with van der Waals surface area (Å²) in [6.45, 7) is 0. The predicted molar refractivity (Wildman–Crippen MR) is 102 cm³/mol. The highest BCUT2D eigenvalue weighted by Crippen LogP contribution is 2.38. The number of rotatable bonds is 3. The first-order valence-corrected chi connectivity index (χ1v) is 9.46. The highest BCUT2D eigenvalue weighted by atomic mass is 16.3. The molecule has 1 aromatic heterocycles. The summed E-state index contributed by atoms with van der Waals surface area (Å²) < 4.78 is 1.91. The van der Waals surface area contributed by atoms with E-state index in [0.29, 0.717) is 12.1 Å². The van der Waals surface area contributed by atoms with Crippen LogP contribution in [0.1, 0.15) is 57.9 Å². The number of para-hydroxylation sites is 1. The molecule has 0 radical (unpaired) electrons. The van der Waals surface area contributed by atoms with Crippen LogP contribution >= 0.6 is 0 Å². The molecule has 2 aliphatic carbocycles. The van der Waals surface area contributed by atoms with Crippen LogP contribution < -0.4 is 5.32 Å². The average molecular weight is 359 g/mol. The zero-order valence-electron chi connectivity index (χ0n) is 14.9. The van der Waals surface area contributed by atoms with Gasteiger partial charge in [0.25, 0.3) is 5.91 Å². The first-order valence-electron chi connectivity index (χ1n) is 9.46. The molecule has 2 unspecified atom stereocenters. The van der Waals surface area contributed by atoms with Crippen molar-refractivity contribution in [2.24, 2.45) is 0 Å². The minimum absolute atomic E-state index is 0.156. The van der Waals surface area contributed by atoms with Crippen molar-refractivity contribution in [3.63, 3.8) is 0 Å². The largest absolute Gasteiger partial charge is 0.388 e. The van der Waals surface area contributed by atoms with E-state index < -0.39 is 6.10 Å². The van der Waals surface area contributed by atoms with E-state index in [0.717, 1.165) is 47.3 Å². The van der Waals surface area contributed by atoms with E-state index in [1.54, 1.807) is 0 Å². The number of carbonyl (C=O) groups excluding carboxylic acids is 1. The average Bonchev–Trinajstić information content (AvgIpc) is 3.37. The van der Waals surface area contributed by atoms with Gasteiger partial charge in [0.1, 0.15) is 0 Å². The van der Waals surface area contributed by atoms with Crippen molar-refractivity contribution in [2.45, 2.75) is 37.8 Å². The van der Waals surface area contributed by atoms with Gasteiger partial charge in [0.2, 0.25) is 0 Å². The SMILES string of the molecule is O=C(NC1CC(O)c2ccccc21)c1nn(-c2ccccc2)c2c1CCC2. The quantitative estimate of drug-likeness (QED) is 0.754. The molecule has 0 bridgehead atoms. The van der Waals surface area contributed by atoms with Crippen molar-refractivity contribution >= 4 is 5.91 Å². The summed E-state index contributed by atoms with van der Waals surface area (Å²) in [7, 11) is 0. The Kier molecular flexibility index (Phi) is 3.83. The normalized spacial score (nSPS) is 20.3. The van der Waals surface area contributed by atoms with Crippen LogP contribution in [-0.4, -0.2) is 20.8 Å². The van der Waals surface area contributed by atoms with Crippen molar-refractivity contribution in [1.29, 1.82) is 0 Å². The van der Waals surface area contributed by atoms with Crippen molar-refractivity contribution in [2.75, 3.05) is 0 Å². The number of fused-ring (bicyclic) bond motifs is 2. The molecule has 2 atom stereocenters. The molecule has 0 aliphatic heterocycles. The fourth-order valence-corrected chi connectivity index (χ4v) is 4.37. The number of aliphatic hydroxyl groups is 1. The standard InChI is InChI=1S/C22H21N3O2/c26-20-13-18(15-9-4-5-10-16(15)20)23-22(27)21-17-11-6-12-19(17)25(24-21)14-7-2-1-3-8-14/h1-5,7-10,18,20,26H,6,11-13H2,(H,23,27). The molecule has 0 fully saturated rings. The molecule has 136 valence electrons. The van der Waals surface area contributed by atoms with E-state index in [1.165, 1.54) is 0 Å². The van der Waals surface area contributed by atoms with Gasteiger partial charge in [0.15, 0.2) is 5.69 Å². The van der Waals surface area contributed by atoms with E-state index in [2.05, 4.69) is 10.4 Å². The Balaban J connectivity index is 1.47. The molecule has 27 heavy (non-hydrogen) atoms. The summed E-state index contributed by atoms with van der Waals surface area (Å²) in [5.41, 5.74) is 5.60. The van der Waals surface area contributed by atoms with Gasteiger partial charge in [-0.3, -0.25) is 4.79 Å². The maximum Gasteiger partial charge on any atom is 0.272 e. The van der Waals surface area contributed by atoms with Gasteiger partial charge in [-0.15, -0.1) is 0 Å². The van der Waals surface area contributed by atoms with Crippen LogP contribution in [-0.2, 0) is 12.8 Å². The highest BCUT2D eigenvalue weighted by molar-refractivity contribution is 5.94. The Labute approximate surface area is 157 Å². The fourth-order valence-electron chi connectivity index (χ4n) is 4.37. The van der Waals surface area contributed by atoms with Gasteiger partial charge < -0.3 is 10.4 Å². The molecule has 1 amide bonds. The van der Waals surface area contributed by atoms with Crippen LogP contribution in [0.25, 0.3) is 5.69 Å². The second-order valence-corrected chi connectivity index (χ2v) is 7.28. The molecule has 2 aromatic carbocycles. The summed E-state index contributed by atoms with van der Waals surface area (Å²) in [6, 6.07) is 17.5. The van der Waals surface area contributed by atoms with Gasteiger partial charge >= 0.3 is 0 Å². The molecule has 5 nitrogen and oxygen atoms in total. The molecule has 0 saturated carbocycles. The summed E-state index contributed by atoms with van der Waals surface area (Å²) in [5.74, 6) is -0.156. The number of aliphatic hydroxyl groups excluding tert-OH is 1. The zero-order valence-corrected chi connectivity index (χ0v) is 14.9. The second kappa shape index (κ2) is 6.35. The van der Waals surface area contributed by atoms with Crippen LogP contribution in [0, 0.1) is 0 Å². The van der Waals surface area contributed by atoms with Gasteiger partial charge in [-0.05, 0) is 42.5 Å². The van der Waals surface area contributed by atoms with Crippen molar-refractivity contribution in [3.05, 3.63) is 82.7 Å². The number of amides is 1. The lowest BCUT2D eigenvalue weighted by atomic mass is 10.1. The summed E-state index contributed by atoms with van der Waals surface area (Å²) in [4.78, 5) is 13.1. The molecule has 2 N–H and O–H groups in total. The first kappa shape index (κ1) is 16.3. The molecule has 5 rings (SSSR count). The lowest BCUT2D eigenvalue weighted by molar-refractivity contribution is 0.0918. The Morgan fingerprint density at radius 3 is 2.59 bits per heavy atom. The lowest BCUT2D eigenvalue weighted by Gasteiger charge is -2.13. The van der Waals surface area contributed by atoms with E-state index in [1.807, 2.05) is 59.3 Å². The third-order valence-corrected chi connectivity index (χ3v) is 5.64. The maximum atomic E-state index is 13.1. The smallest absolute Gasteiger partial charge is 0.272 e. The molecule has 0 saturated heterocycles. The molecule has 2 aliphatic rings. The summed E-state index contributed by atoms with van der Waals surface area (Å²) in [5, 5.41) is 18.0. The molecular formula is C22H21N3O2. The Bertz CT molecular complexity index is 1010. The minimum atomic E-state index is -0.529. The van der Waals surface area contributed by atoms with Crippen LogP contribution in [0.5, 0.6) is 0 Å². The van der Waals surface area contributed by atoms with E-state index in [9.17, 15) is 9.90 Å². The van der Waals surface area contributed by atoms with Gasteiger partial charge in [-0.25, -0.2) is 4.68 Å². The number of aromatic nitrogens is 2. The van der Waals surface area contributed by atoms with Gasteiger partial charge in [-0.1, -0.05) is 42.5 Å². The van der Waals surface area contributed by atoms with E-state index in [-0.39, 0.29) is 11.9 Å². The fraction of sp³-hybridized carbons (Fsp3) is 0.273. The van der Waals surface area contributed by atoms with E-state index >= 15 is 0 Å².